The molecule has 0 fully saturated rings. The van der Waals surface area contributed by atoms with Crippen LogP contribution in [0.2, 0.25) is 0 Å². The maximum atomic E-state index is 12.4. The molecule has 1 amide bonds. The molecule has 0 unspecified atom stereocenters. The van der Waals surface area contributed by atoms with Gasteiger partial charge in [-0.05, 0) is 48.6 Å². The van der Waals surface area contributed by atoms with E-state index >= 15 is 0 Å². The number of amides is 1. The summed E-state index contributed by atoms with van der Waals surface area (Å²) in [7, 11) is 0. The minimum Gasteiger partial charge on any atom is -0.490 e. The number of carbonyl (C=O) groups is 1. The molecular formula is C24H28N2O3. The first-order valence-corrected chi connectivity index (χ1v) is 9.87. The molecule has 29 heavy (non-hydrogen) atoms. The van der Waals surface area contributed by atoms with Crippen molar-refractivity contribution in [3.8, 4) is 17.6 Å². The molecule has 2 aromatic carbocycles. The molecule has 0 aromatic heterocycles. The zero-order valence-corrected chi connectivity index (χ0v) is 17.3. The van der Waals surface area contributed by atoms with Gasteiger partial charge in [-0.1, -0.05) is 50.2 Å². The lowest BCUT2D eigenvalue weighted by atomic mass is 10.1. The fraction of sp³-hybridized carbons (Fsp3) is 0.333. The quantitative estimate of drug-likeness (QED) is 0.481. The number of ether oxygens (including phenoxy) is 2. The predicted molar refractivity (Wildman–Crippen MR) is 115 cm³/mol. The van der Waals surface area contributed by atoms with Gasteiger partial charge >= 0.3 is 0 Å². The number of nitrogens with zero attached hydrogens (tertiary/aromatic N) is 1. The van der Waals surface area contributed by atoms with Gasteiger partial charge in [0.15, 0.2) is 11.5 Å². The van der Waals surface area contributed by atoms with E-state index < -0.39 is 0 Å². The summed E-state index contributed by atoms with van der Waals surface area (Å²) in [4.78, 5) is 12.4. The highest BCUT2D eigenvalue weighted by Gasteiger charge is 2.11. The van der Waals surface area contributed by atoms with Crippen molar-refractivity contribution in [3.05, 3.63) is 65.2 Å². The third-order valence-electron chi connectivity index (χ3n) is 4.06. The van der Waals surface area contributed by atoms with E-state index in [1.807, 2.05) is 55.5 Å². The van der Waals surface area contributed by atoms with Crippen LogP contribution in [0.25, 0.3) is 6.08 Å². The minimum atomic E-state index is -0.387. The largest absolute Gasteiger partial charge is 0.490 e. The van der Waals surface area contributed by atoms with Crippen LogP contribution in [0.15, 0.2) is 54.1 Å². The maximum Gasteiger partial charge on any atom is 0.261 e. The Kier molecular flexibility index (Phi) is 8.78. The number of hydrogen-bond acceptors (Lipinski definition) is 4. The van der Waals surface area contributed by atoms with E-state index in [4.69, 9.17) is 9.47 Å². The van der Waals surface area contributed by atoms with Crippen LogP contribution in [-0.4, -0.2) is 25.7 Å². The van der Waals surface area contributed by atoms with Crippen LogP contribution < -0.4 is 14.8 Å². The van der Waals surface area contributed by atoms with Crippen molar-refractivity contribution in [2.75, 3.05) is 19.8 Å². The van der Waals surface area contributed by atoms with Gasteiger partial charge in [-0.15, -0.1) is 0 Å². The van der Waals surface area contributed by atoms with Crippen LogP contribution in [0.3, 0.4) is 0 Å². The first kappa shape index (κ1) is 22.0. The summed E-state index contributed by atoms with van der Waals surface area (Å²) in [5, 5.41) is 12.2. The Labute approximate surface area is 173 Å². The number of rotatable bonds is 10. The van der Waals surface area contributed by atoms with Crippen molar-refractivity contribution >= 4 is 12.0 Å². The Hall–Kier alpha value is -3.26. The number of nitrogens with one attached hydrogen (secondary N) is 1. The molecule has 0 spiro atoms. The summed E-state index contributed by atoms with van der Waals surface area (Å²) in [5.74, 6) is 1.27. The standard InChI is InChI=1S/C24H28N2O3/c1-4-28-23-15-20(10-11-22(23)29-17-18(2)3)14-21(16-25)24(27)26-13-12-19-8-6-5-7-9-19/h5-11,14-15,18H,4,12-13,17H2,1-3H3,(H,26,27)/b21-14+. The Balaban J connectivity index is 2.07. The van der Waals surface area contributed by atoms with E-state index in [0.29, 0.717) is 49.2 Å². The Morgan fingerprint density at radius 1 is 1.14 bits per heavy atom. The fourth-order valence-electron chi connectivity index (χ4n) is 2.63. The van der Waals surface area contributed by atoms with Crippen LogP contribution in [0, 0.1) is 17.2 Å². The lowest BCUT2D eigenvalue weighted by Crippen LogP contribution is -2.26. The second kappa shape index (κ2) is 11.6. The molecule has 0 aliphatic carbocycles. The van der Waals surface area contributed by atoms with E-state index in [1.165, 1.54) is 0 Å². The van der Waals surface area contributed by atoms with Gasteiger partial charge in [-0.2, -0.15) is 5.26 Å². The molecule has 2 rings (SSSR count). The SMILES string of the molecule is CCOc1cc(/C=C(\C#N)C(=O)NCCc2ccccc2)ccc1OCC(C)C. The lowest BCUT2D eigenvalue weighted by molar-refractivity contribution is -0.117. The first-order valence-electron chi connectivity index (χ1n) is 9.87. The first-order chi connectivity index (χ1) is 14.0. The molecule has 5 nitrogen and oxygen atoms in total. The molecule has 0 aliphatic heterocycles. The van der Waals surface area contributed by atoms with E-state index in [-0.39, 0.29) is 11.5 Å². The van der Waals surface area contributed by atoms with Gasteiger partial charge in [0.25, 0.3) is 5.91 Å². The molecule has 0 saturated carbocycles. The average Bonchev–Trinajstić information content (AvgIpc) is 2.72. The number of nitriles is 1. The van der Waals surface area contributed by atoms with Gasteiger partial charge < -0.3 is 14.8 Å². The van der Waals surface area contributed by atoms with Crippen molar-refractivity contribution in [1.82, 2.24) is 5.32 Å². The van der Waals surface area contributed by atoms with Crippen LogP contribution in [0.4, 0.5) is 0 Å². The van der Waals surface area contributed by atoms with Gasteiger partial charge in [0.05, 0.1) is 13.2 Å². The van der Waals surface area contributed by atoms with E-state index in [1.54, 1.807) is 12.1 Å². The topological polar surface area (TPSA) is 71.3 Å². The fourth-order valence-corrected chi connectivity index (χ4v) is 2.63. The zero-order chi connectivity index (χ0) is 21.1. The predicted octanol–water partition coefficient (Wildman–Crippen LogP) is 4.39. The molecule has 0 heterocycles. The van der Waals surface area contributed by atoms with Gasteiger partial charge in [-0.3, -0.25) is 4.79 Å². The molecule has 0 saturated heterocycles. The summed E-state index contributed by atoms with van der Waals surface area (Å²) in [6.07, 6.45) is 2.27. The molecule has 2 aromatic rings. The lowest BCUT2D eigenvalue weighted by Gasteiger charge is -2.14. The Morgan fingerprint density at radius 2 is 1.90 bits per heavy atom. The zero-order valence-electron chi connectivity index (χ0n) is 17.3. The van der Waals surface area contributed by atoms with E-state index in [0.717, 1.165) is 5.56 Å². The van der Waals surface area contributed by atoms with E-state index in [2.05, 4.69) is 19.2 Å². The van der Waals surface area contributed by atoms with Crippen LogP contribution in [-0.2, 0) is 11.2 Å². The molecule has 0 aliphatic rings. The minimum absolute atomic E-state index is 0.0522. The molecule has 5 heteroatoms. The summed E-state index contributed by atoms with van der Waals surface area (Å²) in [5.41, 5.74) is 1.89. The molecule has 0 bridgehead atoms. The van der Waals surface area contributed by atoms with Crippen LogP contribution >= 0.6 is 0 Å². The van der Waals surface area contributed by atoms with E-state index in [9.17, 15) is 10.1 Å². The summed E-state index contributed by atoms with van der Waals surface area (Å²) >= 11 is 0. The smallest absolute Gasteiger partial charge is 0.261 e. The number of carbonyl (C=O) groups excluding carboxylic acids is 1. The maximum absolute atomic E-state index is 12.4. The highest BCUT2D eigenvalue weighted by atomic mass is 16.5. The summed E-state index contributed by atoms with van der Waals surface area (Å²) < 4.78 is 11.5. The summed E-state index contributed by atoms with van der Waals surface area (Å²) in [6.45, 7) is 7.60. The van der Waals surface area contributed by atoms with Gasteiger partial charge in [0.1, 0.15) is 11.6 Å². The van der Waals surface area contributed by atoms with Gasteiger partial charge in [0.2, 0.25) is 0 Å². The molecular weight excluding hydrogens is 364 g/mol. The monoisotopic (exact) mass is 392 g/mol. The normalized spacial score (nSPS) is 11.1. The van der Waals surface area contributed by atoms with Crippen molar-refractivity contribution in [2.45, 2.75) is 27.2 Å². The average molecular weight is 392 g/mol. The molecule has 152 valence electrons. The molecule has 0 radical (unpaired) electrons. The third kappa shape index (κ3) is 7.34. The van der Waals surface area contributed by atoms with Crippen LogP contribution in [0.1, 0.15) is 31.9 Å². The van der Waals surface area contributed by atoms with Crippen molar-refractivity contribution in [1.29, 1.82) is 5.26 Å². The highest BCUT2D eigenvalue weighted by molar-refractivity contribution is 6.01. The molecule has 0 atom stereocenters. The van der Waals surface area contributed by atoms with Crippen molar-refractivity contribution < 1.29 is 14.3 Å². The second-order valence-corrected chi connectivity index (χ2v) is 7.01. The number of hydrogen-bond donors (Lipinski definition) is 1. The van der Waals surface area contributed by atoms with Crippen molar-refractivity contribution in [3.63, 3.8) is 0 Å². The highest BCUT2D eigenvalue weighted by Crippen LogP contribution is 2.29. The summed E-state index contributed by atoms with van der Waals surface area (Å²) in [6, 6.07) is 17.3. The number of benzene rings is 2. The van der Waals surface area contributed by atoms with Crippen LogP contribution in [0.5, 0.6) is 11.5 Å². The molecule has 1 N–H and O–H groups in total. The Bertz CT molecular complexity index is 867. The third-order valence-corrected chi connectivity index (χ3v) is 4.06. The second-order valence-electron chi connectivity index (χ2n) is 7.01. The van der Waals surface area contributed by atoms with Gasteiger partial charge in [-0.25, -0.2) is 0 Å². The van der Waals surface area contributed by atoms with Gasteiger partial charge in [0, 0.05) is 6.54 Å². The Morgan fingerprint density at radius 3 is 2.55 bits per heavy atom. The van der Waals surface area contributed by atoms with Crippen molar-refractivity contribution in [2.24, 2.45) is 5.92 Å².